The normalized spacial score (nSPS) is 15.7. The molecule has 0 bridgehead atoms. The van der Waals surface area contributed by atoms with Crippen LogP contribution in [0.2, 0.25) is 5.02 Å². The SMILES string of the molecule is CC(C)OC(=O)CN1C(=O)S/C(=C/c2ccc(Sc3ccc(Cl)cc3)s2)C1=O. The molecule has 2 aromatic rings. The average Bonchev–Trinajstić information content (AvgIpc) is 3.16. The maximum absolute atomic E-state index is 12.5. The Morgan fingerprint density at radius 1 is 1.21 bits per heavy atom. The van der Waals surface area contributed by atoms with Crippen molar-refractivity contribution in [3.05, 3.63) is 51.2 Å². The highest BCUT2D eigenvalue weighted by Crippen LogP contribution is 2.37. The van der Waals surface area contributed by atoms with Crippen LogP contribution in [0.1, 0.15) is 18.7 Å². The molecule has 5 nitrogen and oxygen atoms in total. The molecule has 0 spiro atoms. The number of ether oxygens (including phenoxy) is 1. The van der Waals surface area contributed by atoms with Gasteiger partial charge in [-0.3, -0.25) is 19.3 Å². The Bertz CT molecular complexity index is 937. The van der Waals surface area contributed by atoms with Crippen molar-refractivity contribution in [2.45, 2.75) is 29.1 Å². The predicted molar refractivity (Wildman–Crippen MR) is 114 cm³/mol. The molecule has 1 aromatic heterocycles. The number of amides is 2. The third kappa shape index (κ3) is 5.41. The van der Waals surface area contributed by atoms with Crippen molar-refractivity contribution in [1.82, 2.24) is 4.90 Å². The summed E-state index contributed by atoms with van der Waals surface area (Å²) in [5.74, 6) is -1.08. The zero-order chi connectivity index (χ0) is 20.3. The molecule has 28 heavy (non-hydrogen) atoms. The summed E-state index contributed by atoms with van der Waals surface area (Å²) in [6.07, 6.45) is 1.38. The highest BCUT2D eigenvalue weighted by molar-refractivity contribution is 8.18. The highest BCUT2D eigenvalue weighted by Gasteiger charge is 2.36. The first-order valence-electron chi connectivity index (χ1n) is 8.30. The minimum Gasteiger partial charge on any atom is -0.462 e. The van der Waals surface area contributed by atoms with E-state index in [9.17, 15) is 14.4 Å². The van der Waals surface area contributed by atoms with Gasteiger partial charge in [0.15, 0.2) is 0 Å². The molecule has 1 aromatic carbocycles. The number of halogens is 1. The number of carbonyl (C=O) groups is 3. The van der Waals surface area contributed by atoms with Crippen molar-refractivity contribution in [3.8, 4) is 0 Å². The number of rotatable bonds is 6. The Hall–Kier alpha value is -1.74. The van der Waals surface area contributed by atoms with Gasteiger partial charge < -0.3 is 4.74 Å². The zero-order valence-corrected chi connectivity index (χ0v) is 18.2. The van der Waals surface area contributed by atoms with E-state index in [2.05, 4.69) is 0 Å². The fraction of sp³-hybridized carbons (Fsp3) is 0.211. The maximum Gasteiger partial charge on any atom is 0.326 e. The average molecular weight is 454 g/mol. The summed E-state index contributed by atoms with van der Waals surface area (Å²) in [7, 11) is 0. The molecule has 1 saturated heterocycles. The molecule has 2 heterocycles. The molecule has 0 radical (unpaired) electrons. The maximum atomic E-state index is 12.5. The van der Waals surface area contributed by atoms with E-state index < -0.39 is 17.1 Å². The van der Waals surface area contributed by atoms with E-state index in [0.717, 1.165) is 30.6 Å². The summed E-state index contributed by atoms with van der Waals surface area (Å²) in [4.78, 5) is 39.4. The molecule has 0 unspecified atom stereocenters. The molecule has 1 aliphatic rings. The van der Waals surface area contributed by atoms with Gasteiger partial charge in [0, 0.05) is 14.8 Å². The lowest BCUT2D eigenvalue weighted by Crippen LogP contribution is -2.35. The lowest BCUT2D eigenvalue weighted by Gasteiger charge is -2.13. The zero-order valence-electron chi connectivity index (χ0n) is 15.0. The third-order valence-corrected chi connectivity index (χ3v) is 6.77. The molecular weight excluding hydrogens is 438 g/mol. The summed E-state index contributed by atoms with van der Waals surface area (Å²) < 4.78 is 6.06. The molecule has 0 aliphatic carbocycles. The van der Waals surface area contributed by atoms with Gasteiger partial charge in [0.1, 0.15) is 6.54 Å². The first kappa shape index (κ1) is 21.0. The monoisotopic (exact) mass is 453 g/mol. The Balaban J connectivity index is 1.67. The van der Waals surface area contributed by atoms with Crippen LogP contribution < -0.4 is 0 Å². The van der Waals surface area contributed by atoms with Crippen molar-refractivity contribution < 1.29 is 19.1 Å². The van der Waals surface area contributed by atoms with E-state index >= 15 is 0 Å². The van der Waals surface area contributed by atoms with Crippen LogP contribution in [-0.4, -0.2) is 34.7 Å². The van der Waals surface area contributed by atoms with Crippen LogP contribution in [0.25, 0.3) is 6.08 Å². The van der Waals surface area contributed by atoms with E-state index in [-0.39, 0.29) is 12.6 Å². The number of hydrogen-bond donors (Lipinski definition) is 0. The fourth-order valence-corrected chi connectivity index (χ4v) is 5.38. The number of benzene rings is 1. The number of carbonyl (C=O) groups excluding carboxylic acids is 3. The number of nitrogens with zero attached hydrogens (tertiary/aromatic N) is 1. The number of hydrogen-bond acceptors (Lipinski definition) is 7. The molecule has 1 aliphatic heterocycles. The van der Waals surface area contributed by atoms with Crippen LogP contribution in [0.4, 0.5) is 4.79 Å². The summed E-state index contributed by atoms with van der Waals surface area (Å²) in [6, 6.07) is 11.4. The minimum atomic E-state index is -0.601. The highest BCUT2D eigenvalue weighted by atomic mass is 35.5. The fourth-order valence-electron chi connectivity index (χ4n) is 2.28. The molecule has 1 fully saturated rings. The van der Waals surface area contributed by atoms with Crippen LogP contribution in [0.15, 0.2) is 50.4 Å². The predicted octanol–water partition coefficient (Wildman–Crippen LogP) is 5.54. The second-order valence-electron chi connectivity index (χ2n) is 6.02. The molecular formula is C19H16ClNO4S3. The van der Waals surface area contributed by atoms with Crippen molar-refractivity contribution in [3.63, 3.8) is 0 Å². The summed E-state index contributed by atoms with van der Waals surface area (Å²) >= 11 is 9.83. The van der Waals surface area contributed by atoms with Gasteiger partial charge >= 0.3 is 5.97 Å². The largest absolute Gasteiger partial charge is 0.462 e. The second kappa shape index (κ2) is 9.17. The minimum absolute atomic E-state index is 0.298. The number of imide groups is 1. The Labute approximate surface area is 180 Å². The van der Waals surface area contributed by atoms with Gasteiger partial charge in [0.2, 0.25) is 0 Å². The summed E-state index contributed by atoms with van der Waals surface area (Å²) in [5, 5.41) is 0.216. The van der Waals surface area contributed by atoms with Crippen molar-refractivity contribution in [2.75, 3.05) is 6.54 Å². The lowest BCUT2D eigenvalue weighted by molar-refractivity contribution is -0.149. The molecule has 0 N–H and O–H groups in total. The van der Waals surface area contributed by atoms with E-state index in [4.69, 9.17) is 16.3 Å². The number of thiophene rings is 1. The number of esters is 1. The van der Waals surface area contributed by atoms with Crippen LogP contribution in [0, 0.1) is 0 Å². The molecule has 3 rings (SSSR count). The third-order valence-electron chi connectivity index (χ3n) is 3.44. The van der Waals surface area contributed by atoms with E-state index in [1.807, 2.05) is 36.4 Å². The van der Waals surface area contributed by atoms with Crippen LogP contribution in [-0.2, 0) is 14.3 Å². The second-order valence-corrected chi connectivity index (χ2v) is 9.94. The Kier molecular flexibility index (Phi) is 6.87. The van der Waals surface area contributed by atoms with Gasteiger partial charge in [-0.05, 0) is 68.1 Å². The van der Waals surface area contributed by atoms with Gasteiger partial charge in [-0.1, -0.05) is 23.4 Å². The molecule has 0 atom stereocenters. The Morgan fingerprint density at radius 2 is 1.93 bits per heavy atom. The van der Waals surface area contributed by atoms with E-state index in [0.29, 0.717) is 9.93 Å². The van der Waals surface area contributed by atoms with Gasteiger partial charge in [-0.25, -0.2) is 0 Å². The van der Waals surface area contributed by atoms with Gasteiger partial charge in [-0.15, -0.1) is 11.3 Å². The first-order chi connectivity index (χ1) is 13.3. The topological polar surface area (TPSA) is 63.7 Å². The first-order valence-corrected chi connectivity index (χ1v) is 11.1. The van der Waals surface area contributed by atoms with Gasteiger partial charge in [-0.2, -0.15) is 0 Å². The Morgan fingerprint density at radius 3 is 2.61 bits per heavy atom. The van der Waals surface area contributed by atoms with Crippen molar-refractivity contribution in [1.29, 1.82) is 0 Å². The van der Waals surface area contributed by atoms with Crippen LogP contribution in [0.5, 0.6) is 0 Å². The molecule has 0 saturated carbocycles. The quantitative estimate of drug-likeness (QED) is 0.422. The van der Waals surface area contributed by atoms with Gasteiger partial charge in [0.25, 0.3) is 11.1 Å². The summed E-state index contributed by atoms with van der Waals surface area (Å²) in [6.45, 7) is 3.05. The van der Waals surface area contributed by atoms with Gasteiger partial charge in [0.05, 0.1) is 15.2 Å². The molecule has 2 amide bonds. The lowest BCUT2D eigenvalue weighted by atomic mass is 10.3. The standard InChI is InChI=1S/C19H16ClNO4S3/c1-11(2)25-16(22)10-21-18(23)15(28-19(21)24)9-14-7-8-17(27-14)26-13-5-3-12(20)4-6-13/h3-9,11H,10H2,1-2H3/b15-9+. The van der Waals surface area contributed by atoms with E-state index in [1.54, 1.807) is 31.7 Å². The van der Waals surface area contributed by atoms with Crippen molar-refractivity contribution in [2.24, 2.45) is 0 Å². The van der Waals surface area contributed by atoms with Crippen LogP contribution >= 0.6 is 46.5 Å². The summed E-state index contributed by atoms with van der Waals surface area (Å²) in [5.41, 5.74) is 0. The number of thioether (sulfide) groups is 1. The van der Waals surface area contributed by atoms with E-state index in [1.165, 1.54) is 11.3 Å². The molecule has 9 heteroatoms. The van der Waals surface area contributed by atoms with Crippen LogP contribution in [0.3, 0.4) is 0 Å². The van der Waals surface area contributed by atoms with Crippen molar-refractivity contribution >= 4 is 69.7 Å². The smallest absolute Gasteiger partial charge is 0.326 e. The molecule has 146 valence electrons.